The smallest absolute Gasteiger partial charge is 0.195 e. The molecule has 104 valence electrons. The van der Waals surface area contributed by atoms with Crippen molar-refractivity contribution in [1.29, 1.82) is 0 Å². The summed E-state index contributed by atoms with van der Waals surface area (Å²) in [6.45, 7) is 4.60. The van der Waals surface area contributed by atoms with Gasteiger partial charge in [-0.2, -0.15) is 0 Å². The van der Waals surface area contributed by atoms with Crippen LogP contribution in [-0.4, -0.2) is 5.11 Å². The summed E-state index contributed by atoms with van der Waals surface area (Å²) in [4.78, 5) is 5.37. The van der Waals surface area contributed by atoms with Crippen LogP contribution in [0.15, 0.2) is 48.5 Å². The topological polar surface area (TPSA) is 33.3 Å². The molecule has 0 aliphatic rings. The highest BCUT2D eigenvalue weighted by molar-refractivity contribution is 7.80. The van der Waals surface area contributed by atoms with E-state index >= 15 is 0 Å². The minimum atomic E-state index is 0.453. The van der Waals surface area contributed by atoms with Crippen LogP contribution in [0.3, 0.4) is 0 Å². The maximum Gasteiger partial charge on any atom is 0.195 e. The number of hydrogen-bond acceptors (Lipinski definition) is 2. The van der Waals surface area contributed by atoms with Crippen molar-refractivity contribution in [2.45, 2.75) is 20.5 Å². The first-order valence-electron chi connectivity index (χ1n) is 6.46. The Morgan fingerprint density at radius 1 is 1.05 bits per heavy atom. The molecule has 0 saturated heterocycles. The maximum absolute atomic E-state index is 5.37. The molecule has 0 radical (unpaired) electrons. The van der Waals surface area contributed by atoms with Crippen LogP contribution in [0.2, 0.25) is 0 Å². The molecule has 4 heteroatoms. The van der Waals surface area contributed by atoms with E-state index in [2.05, 4.69) is 30.7 Å². The third-order valence-corrected chi connectivity index (χ3v) is 3.28. The fourth-order valence-electron chi connectivity index (χ4n) is 1.79. The van der Waals surface area contributed by atoms with Crippen LogP contribution in [-0.2, 0) is 11.4 Å². The molecule has 0 bridgehead atoms. The summed E-state index contributed by atoms with van der Waals surface area (Å²) in [5.74, 6) is 0. The zero-order valence-electron chi connectivity index (χ0n) is 11.6. The first-order valence-corrected chi connectivity index (χ1v) is 6.86. The maximum atomic E-state index is 5.37. The number of thiocarbonyl (C=S) groups is 1. The van der Waals surface area contributed by atoms with Crippen LogP contribution in [0.1, 0.15) is 16.7 Å². The van der Waals surface area contributed by atoms with Crippen molar-refractivity contribution in [1.82, 2.24) is 5.48 Å². The lowest BCUT2D eigenvalue weighted by atomic mass is 10.1. The number of rotatable bonds is 4. The van der Waals surface area contributed by atoms with Gasteiger partial charge in [0.15, 0.2) is 5.11 Å². The first-order chi connectivity index (χ1) is 9.66. The van der Waals surface area contributed by atoms with Gasteiger partial charge >= 0.3 is 0 Å². The van der Waals surface area contributed by atoms with Gasteiger partial charge < -0.3 is 5.32 Å². The van der Waals surface area contributed by atoms with Gasteiger partial charge in [-0.3, -0.25) is 4.84 Å². The fraction of sp³-hybridized carbons (Fsp3) is 0.188. The van der Waals surface area contributed by atoms with Crippen molar-refractivity contribution in [3.05, 3.63) is 65.2 Å². The first kappa shape index (κ1) is 14.5. The molecule has 0 heterocycles. The summed E-state index contributed by atoms with van der Waals surface area (Å²) in [5, 5.41) is 3.59. The minimum absolute atomic E-state index is 0.453. The standard InChI is InChI=1S/C16H18N2OS/c1-12-7-6-10-15(13(12)2)17-16(20)18-19-11-14-8-4-3-5-9-14/h3-10H,11H2,1-2H3,(H2,17,18,20). The highest BCUT2D eigenvalue weighted by atomic mass is 32.1. The molecular weight excluding hydrogens is 268 g/mol. The predicted molar refractivity (Wildman–Crippen MR) is 86.5 cm³/mol. The monoisotopic (exact) mass is 286 g/mol. The van der Waals surface area contributed by atoms with E-state index in [1.54, 1.807) is 0 Å². The van der Waals surface area contributed by atoms with Crippen molar-refractivity contribution >= 4 is 23.0 Å². The summed E-state index contributed by atoms with van der Waals surface area (Å²) in [7, 11) is 0. The molecule has 0 aliphatic carbocycles. The Labute approximate surface area is 124 Å². The van der Waals surface area contributed by atoms with Gasteiger partial charge in [-0.25, -0.2) is 5.48 Å². The van der Waals surface area contributed by atoms with E-state index in [4.69, 9.17) is 17.1 Å². The quantitative estimate of drug-likeness (QED) is 0.663. The molecule has 2 aromatic carbocycles. The molecule has 2 rings (SSSR count). The molecule has 3 nitrogen and oxygen atoms in total. The minimum Gasteiger partial charge on any atom is -0.331 e. The van der Waals surface area contributed by atoms with E-state index in [0.29, 0.717) is 11.7 Å². The molecule has 0 amide bonds. The van der Waals surface area contributed by atoms with E-state index in [0.717, 1.165) is 11.3 Å². The third kappa shape index (κ3) is 4.05. The number of aryl methyl sites for hydroxylation is 1. The normalized spacial score (nSPS) is 10.1. The Balaban J connectivity index is 1.82. The molecule has 0 atom stereocenters. The number of nitrogens with one attached hydrogen (secondary N) is 2. The van der Waals surface area contributed by atoms with Crippen molar-refractivity contribution in [2.75, 3.05) is 5.32 Å². The number of hydrogen-bond donors (Lipinski definition) is 2. The van der Waals surface area contributed by atoms with Gasteiger partial charge in [-0.15, -0.1) is 0 Å². The number of benzene rings is 2. The zero-order valence-corrected chi connectivity index (χ0v) is 12.5. The molecule has 0 saturated carbocycles. The molecule has 0 aliphatic heterocycles. The van der Waals surface area contributed by atoms with E-state index in [-0.39, 0.29) is 0 Å². The zero-order chi connectivity index (χ0) is 14.4. The lowest BCUT2D eigenvalue weighted by Gasteiger charge is -2.13. The van der Waals surface area contributed by atoms with Crippen LogP contribution in [0.5, 0.6) is 0 Å². The largest absolute Gasteiger partial charge is 0.331 e. The second kappa shape index (κ2) is 7.03. The Morgan fingerprint density at radius 2 is 1.80 bits per heavy atom. The van der Waals surface area contributed by atoms with Gasteiger partial charge in [0.25, 0.3) is 0 Å². The van der Waals surface area contributed by atoms with E-state index in [9.17, 15) is 0 Å². The second-order valence-corrected chi connectivity index (χ2v) is 4.99. The molecule has 20 heavy (non-hydrogen) atoms. The van der Waals surface area contributed by atoms with Gasteiger partial charge in [-0.05, 0) is 48.8 Å². The van der Waals surface area contributed by atoms with Crippen LogP contribution in [0.25, 0.3) is 0 Å². The van der Waals surface area contributed by atoms with Gasteiger partial charge in [0.2, 0.25) is 0 Å². The summed E-state index contributed by atoms with van der Waals surface area (Å²) in [6, 6.07) is 16.0. The number of anilines is 1. The Bertz CT molecular complexity index is 584. The van der Waals surface area contributed by atoms with Gasteiger partial charge in [-0.1, -0.05) is 42.5 Å². The molecule has 0 spiro atoms. The van der Waals surface area contributed by atoms with Crippen LogP contribution < -0.4 is 10.8 Å². The van der Waals surface area contributed by atoms with E-state index in [1.165, 1.54) is 11.1 Å². The fourth-order valence-corrected chi connectivity index (χ4v) is 1.96. The molecular formula is C16H18N2OS. The summed E-state index contributed by atoms with van der Waals surface area (Å²) in [5.41, 5.74) is 7.24. The predicted octanol–water partition coefficient (Wildman–Crippen LogP) is 3.72. The van der Waals surface area contributed by atoms with E-state index in [1.807, 2.05) is 42.5 Å². The Morgan fingerprint density at radius 3 is 2.55 bits per heavy atom. The Kier molecular flexibility index (Phi) is 5.09. The molecule has 0 aromatic heterocycles. The highest BCUT2D eigenvalue weighted by Crippen LogP contribution is 2.17. The van der Waals surface area contributed by atoms with Crippen molar-refractivity contribution in [3.8, 4) is 0 Å². The van der Waals surface area contributed by atoms with Crippen LogP contribution >= 0.6 is 12.2 Å². The molecule has 2 aromatic rings. The van der Waals surface area contributed by atoms with E-state index < -0.39 is 0 Å². The lowest BCUT2D eigenvalue weighted by molar-refractivity contribution is 0.0728. The van der Waals surface area contributed by atoms with Gasteiger partial charge in [0, 0.05) is 5.69 Å². The average Bonchev–Trinajstić information content (AvgIpc) is 2.45. The Hall–Kier alpha value is -1.91. The molecule has 0 fully saturated rings. The van der Waals surface area contributed by atoms with Crippen LogP contribution in [0, 0.1) is 13.8 Å². The van der Waals surface area contributed by atoms with Gasteiger partial charge in [0.1, 0.15) is 0 Å². The average molecular weight is 286 g/mol. The number of hydroxylamine groups is 1. The van der Waals surface area contributed by atoms with Crippen molar-refractivity contribution < 1.29 is 4.84 Å². The second-order valence-electron chi connectivity index (χ2n) is 4.58. The lowest BCUT2D eigenvalue weighted by Crippen LogP contribution is -2.28. The van der Waals surface area contributed by atoms with Crippen molar-refractivity contribution in [3.63, 3.8) is 0 Å². The summed E-state index contributed by atoms with van der Waals surface area (Å²) in [6.07, 6.45) is 0. The van der Waals surface area contributed by atoms with Gasteiger partial charge in [0.05, 0.1) is 6.61 Å². The van der Waals surface area contributed by atoms with Crippen molar-refractivity contribution in [2.24, 2.45) is 0 Å². The molecule has 0 unspecified atom stereocenters. The van der Waals surface area contributed by atoms with Crippen LogP contribution in [0.4, 0.5) is 5.69 Å². The summed E-state index contributed by atoms with van der Waals surface area (Å²) < 4.78 is 0. The summed E-state index contributed by atoms with van der Waals surface area (Å²) >= 11 is 5.21. The highest BCUT2D eigenvalue weighted by Gasteiger charge is 2.02. The molecule has 2 N–H and O–H groups in total. The third-order valence-electron chi connectivity index (χ3n) is 3.10. The SMILES string of the molecule is Cc1cccc(NC(=S)NOCc2ccccc2)c1C.